The fraction of sp³-hybridized carbons (Fsp3) is 0.462. The van der Waals surface area contributed by atoms with Gasteiger partial charge in [-0.3, -0.25) is 4.79 Å². The van der Waals surface area contributed by atoms with E-state index in [1.54, 1.807) is 24.3 Å². The number of ether oxygens (including phenoxy) is 1. The molecule has 2 atom stereocenters. The monoisotopic (exact) mass is 220 g/mol. The summed E-state index contributed by atoms with van der Waals surface area (Å²) >= 11 is 0. The van der Waals surface area contributed by atoms with Crippen molar-refractivity contribution in [3.63, 3.8) is 0 Å². The molecule has 16 heavy (non-hydrogen) atoms. The van der Waals surface area contributed by atoms with Crippen molar-refractivity contribution < 1.29 is 14.6 Å². The molecule has 0 heterocycles. The van der Waals surface area contributed by atoms with Gasteiger partial charge in [-0.2, -0.15) is 0 Å². The Morgan fingerprint density at radius 1 is 1.19 bits per heavy atom. The van der Waals surface area contributed by atoms with Gasteiger partial charge in [0.05, 0.1) is 6.10 Å². The molecular formula is C13H16O3. The summed E-state index contributed by atoms with van der Waals surface area (Å²) < 4.78 is 5.70. The molecule has 0 amide bonds. The van der Waals surface area contributed by atoms with Crippen LogP contribution in [-0.2, 0) is 0 Å². The van der Waals surface area contributed by atoms with Crippen LogP contribution >= 0.6 is 0 Å². The number of benzene rings is 1. The first kappa shape index (κ1) is 11.1. The summed E-state index contributed by atoms with van der Waals surface area (Å²) in [6.07, 6.45) is 4.24. The smallest absolute Gasteiger partial charge is 0.150 e. The highest BCUT2D eigenvalue weighted by Crippen LogP contribution is 2.23. The average Bonchev–Trinajstić information content (AvgIpc) is 2.33. The zero-order chi connectivity index (χ0) is 11.4. The number of aliphatic hydroxyl groups is 1. The predicted molar refractivity (Wildman–Crippen MR) is 60.7 cm³/mol. The Labute approximate surface area is 95.0 Å². The fourth-order valence-corrected chi connectivity index (χ4v) is 2.01. The number of rotatable bonds is 3. The first-order valence-corrected chi connectivity index (χ1v) is 5.69. The van der Waals surface area contributed by atoms with Gasteiger partial charge in [0.1, 0.15) is 18.1 Å². The summed E-state index contributed by atoms with van der Waals surface area (Å²) in [6, 6.07) is 6.98. The molecule has 1 aliphatic carbocycles. The topological polar surface area (TPSA) is 46.5 Å². The molecule has 0 aliphatic heterocycles. The Hall–Kier alpha value is -1.35. The maximum absolute atomic E-state index is 10.5. The minimum atomic E-state index is -0.362. The molecule has 0 aromatic heterocycles. The molecule has 0 bridgehead atoms. The minimum absolute atomic E-state index is 0.101. The molecule has 3 nitrogen and oxygen atoms in total. The second-order valence-corrected chi connectivity index (χ2v) is 4.19. The minimum Gasteiger partial charge on any atom is -0.488 e. The third kappa shape index (κ3) is 2.61. The van der Waals surface area contributed by atoms with Gasteiger partial charge >= 0.3 is 0 Å². The summed E-state index contributed by atoms with van der Waals surface area (Å²) in [5.74, 6) is 0.719. The summed E-state index contributed by atoms with van der Waals surface area (Å²) in [4.78, 5) is 10.5. The van der Waals surface area contributed by atoms with Gasteiger partial charge in [-0.05, 0) is 43.5 Å². The van der Waals surface area contributed by atoms with Gasteiger partial charge < -0.3 is 9.84 Å². The zero-order valence-corrected chi connectivity index (χ0v) is 9.13. The van der Waals surface area contributed by atoms with Gasteiger partial charge in [0.25, 0.3) is 0 Å². The average molecular weight is 220 g/mol. The van der Waals surface area contributed by atoms with Crippen LogP contribution in [0.2, 0.25) is 0 Å². The van der Waals surface area contributed by atoms with Crippen LogP contribution in [0.1, 0.15) is 36.0 Å². The third-order valence-corrected chi connectivity index (χ3v) is 2.97. The molecule has 1 aliphatic rings. The number of carbonyl (C=O) groups is 1. The molecule has 1 saturated carbocycles. The van der Waals surface area contributed by atoms with Crippen molar-refractivity contribution in [2.75, 3.05) is 0 Å². The highest BCUT2D eigenvalue weighted by molar-refractivity contribution is 5.74. The van der Waals surface area contributed by atoms with E-state index in [2.05, 4.69) is 0 Å². The van der Waals surface area contributed by atoms with E-state index < -0.39 is 0 Å². The Balaban J connectivity index is 1.99. The molecule has 1 N–H and O–H groups in total. The molecule has 2 rings (SSSR count). The van der Waals surface area contributed by atoms with E-state index in [9.17, 15) is 9.90 Å². The normalized spacial score (nSPS) is 25.1. The molecule has 86 valence electrons. The number of aliphatic hydroxyl groups excluding tert-OH is 1. The Morgan fingerprint density at radius 2 is 1.88 bits per heavy atom. The van der Waals surface area contributed by atoms with E-state index in [-0.39, 0.29) is 12.2 Å². The van der Waals surface area contributed by atoms with Crippen molar-refractivity contribution in [2.24, 2.45) is 0 Å². The summed E-state index contributed by atoms with van der Waals surface area (Å²) in [7, 11) is 0. The van der Waals surface area contributed by atoms with Gasteiger partial charge in [0.15, 0.2) is 0 Å². The number of carbonyl (C=O) groups excluding carboxylic acids is 1. The molecule has 0 spiro atoms. The number of hydrogen-bond acceptors (Lipinski definition) is 3. The van der Waals surface area contributed by atoms with Gasteiger partial charge in [-0.1, -0.05) is 6.42 Å². The van der Waals surface area contributed by atoms with Crippen LogP contribution in [-0.4, -0.2) is 23.6 Å². The molecule has 0 radical (unpaired) electrons. The first-order valence-electron chi connectivity index (χ1n) is 5.69. The quantitative estimate of drug-likeness (QED) is 0.794. The molecule has 1 aromatic carbocycles. The maximum Gasteiger partial charge on any atom is 0.150 e. The van der Waals surface area contributed by atoms with E-state index in [1.165, 1.54) is 0 Å². The van der Waals surface area contributed by atoms with Crippen LogP contribution in [0.25, 0.3) is 0 Å². The molecule has 0 saturated heterocycles. The van der Waals surface area contributed by atoms with Crippen LogP contribution in [0, 0.1) is 0 Å². The van der Waals surface area contributed by atoms with Gasteiger partial charge in [0.2, 0.25) is 0 Å². The van der Waals surface area contributed by atoms with E-state index in [1.807, 2.05) is 0 Å². The molecule has 1 aromatic rings. The standard InChI is InChI=1S/C13H16O3/c14-9-10-5-7-11(8-6-10)16-13-4-2-1-3-12(13)15/h5-9,12-13,15H,1-4H2. The van der Waals surface area contributed by atoms with Crippen molar-refractivity contribution in [2.45, 2.75) is 37.9 Å². The second kappa shape index (κ2) is 5.12. The van der Waals surface area contributed by atoms with Crippen molar-refractivity contribution >= 4 is 6.29 Å². The fourth-order valence-electron chi connectivity index (χ4n) is 2.01. The Bertz CT molecular complexity index is 345. The number of hydrogen-bond donors (Lipinski definition) is 1. The number of aldehydes is 1. The van der Waals surface area contributed by atoms with E-state index in [0.29, 0.717) is 5.56 Å². The van der Waals surface area contributed by atoms with Crippen molar-refractivity contribution in [1.82, 2.24) is 0 Å². The Kier molecular flexibility index (Phi) is 3.57. The second-order valence-electron chi connectivity index (χ2n) is 4.19. The maximum atomic E-state index is 10.5. The van der Waals surface area contributed by atoms with E-state index in [4.69, 9.17) is 4.74 Å². The van der Waals surface area contributed by atoms with Gasteiger partial charge in [0, 0.05) is 5.56 Å². The molecule has 3 heteroatoms. The van der Waals surface area contributed by atoms with Crippen molar-refractivity contribution in [1.29, 1.82) is 0 Å². The van der Waals surface area contributed by atoms with Crippen LogP contribution in [0.3, 0.4) is 0 Å². The first-order chi connectivity index (χ1) is 7.79. The lowest BCUT2D eigenvalue weighted by atomic mass is 9.95. The van der Waals surface area contributed by atoms with Crippen molar-refractivity contribution in [3.05, 3.63) is 29.8 Å². The highest BCUT2D eigenvalue weighted by atomic mass is 16.5. The van der Waals surface area contributed by atoms with Crippen LogP contribution in [0.15, 0.2) is 24.3 Å². The molecule has 2 unspecified atom stereocenters. The zero-order valence-electron chi connectivity index (χ0n) is 9.13. The third-order valence-electron chi connectivity index (χ3n) is 2.97. The lowest BCUT2D eigenvalue weighted by Crippen LogP contribution is -2.34. The van der Waals surface area contributed by atoms with E-state index in [0.717, 1.165) is 37.7 Å². The van der Waals surface area contributed by atoms with Crippen LogP contribution in [0.5, 0.6) is 5.75 Å². The lowest BCUT2D eigenvalue weighted by Gasteiger charge is -2.28. The van der Waals surface area contributed by atoms with Gasteiger partial charge in [-0.25, -0.2) is 0 Å². The largest absolute Gasteiger partial charge is 0.488 e. The molecular weight excluding hydrogens is 204 g/mol. The predicted octanol–water partition coefficient (Wildman–Crippen LogP) is 2.18. The van der Waals surface area contributed by atoms with Crippen LogP contribution < -0.4 is 4.74 Å². The van der Waals surface area contributed by atoms with Gasteiger partial charge in [-0.15, -0.1) is 0 Å². The summed E-state index contributed by atoms with van der Waals surface area (Å²) in [6.45, 7) is 0. The molecule has 1 fully saturated rings. The van der Waals surface area contributed by atoms with Crippen molar-refractivity contribution in [3.8, 4) is 5.75 Å². The van der Waals surface area contributed by atoms with E-state index >= 15 is 0 Å². The summed E-state index contributed by atoms with van der Waals surface area (Å²) in [5, 5.41) is 9.75. The summed E-state index contributed by atoms with van der Waals surface area (Å²) in [5.41, 5.74) is 0.636. The SMILES string of the molecule is O=Cc1ccc(OC2CCCCC2O)cc1. The lowest BCUT2D eigenvalue weighted by molar-refractivity contribution is 0.00687. The Morgan fingerprint density at radius 3 is 2.50 bits per heavy atom. The highest BCUT2D eigenvalue weighted by Gasteiger charge is 2.24. The van der Waals surface area contributed by atoms with Crippen LogP contribution in [0.4, 0.5) is 0 Å².